The first-order valence-corrected chi connectivity index (χ1v) is 3.72. The van der Waals surface area contributed by atoms with Gasteiger partial charge in [0.1, 0.15) is 6.10 Å². The molecule has 0 aromatic heterocycles. The summed E-state index contributed by atoms with van der Waals surface area (Å²) in [4.78, 5) is 12.4. The highest BCUT2D eigenvalue weighted by Crippen LogP contribution is 2.17. The number of hydrogen-bond acceptors (Lipinski definition) is 3. The molecule has 0 N–H and O–H groups in total. The number of likely N-dealkylation sites (N-methyl/N-ethyl adjacent to an activating group) is 1. The van der Waals surface area contributed by atoms with E-state index in [2.05, 4.69) is 0 Å². The topological polar surface area (TPSA) is 38.8 Å². The zero-order chi connectivity index (χ0) is 8.43. The first kappa shape index (κ1) is 8.33. The first-order chi connectivity index (χ1) is 5.16. The second-order valence-corrected chi connectivity index (χ2v) is 2.55. The third-order valence-electron chi connectivity index (χ3n) is 1.70. The Morgan fingerprint density at radius 1 is 1.73 bits per heavy atom. The maximum atomic E-state index is 10.9. The fraction of sp³-hybridized carbons (Fsp3) is 0.857. The first-order valence-electron chi connectivity index (χ1n) is 3.72. The molecule has 0 radical (unpaired) electrons. The summed E-state index contributed by atoms with van der Waals surface area (Å²) in [5.41, 5.74) is 0. The Morgan fingerprint density at radius 3 is 2.73 bits per heavy atom. The lowest BCUT2D eigenvalue weighted by atomic mass is 10.3. The van der Waals surface area contributed by atoms with Gasteiger partial charge in [0.25, 0.3) is 0 Å². The van der Waals surface area contributed by atoms with E-state index in [1.54, 1.807) is 7.05 Å². The van der Waals surface area contributed by atoms with E-state index in [1.807, 2.05) is 13.8 Å². The molecule has 0 bridgehead atoms. The van der Waals surface area contributed by atoms with Crippen molar-refractivity contribution in [3.05, 3.63) is 0 Å². The molecule has 0 spiro atoms. The Balaban J connectivity index is 2.56. The average molecular weight is 159 g/mol. The molecule has 1 aliphatic heterocycles. The van der Waals surface area contributed by atoms with Gasteiger partial charge >= 0.3 is 6.09 Å². The van der Waals surface area contributed by atoms with E-state index in [1.165, 1.54) is 4.90 Å². The molecule has 0 aromatic carbocycles. The predicted octanol–water partition coefficient (Wildman–Crippen LogP) is 0.819. The highest BCUT2D eigenvalue weighted by Gasteiger charge is 2.36. The van der Waals surface area contributed by atoms with Crippen LogP contribution in [0.2, 0.25) is 0 Å². The van der Waals surface area contributed by atoms with Crippen LogP contribution in [0.3, 0.4) is 0 Å². The maximum absolute atomic E-state index is 10.9. The fourth-order valence-electron chi connectivity index (χ4n) is 1.14. The van der Waals surface area contributed by atoms with E-state index < -0.39 is 0 Å². The van der Waals surface area contributed by atoms with Gasteiger partial charge in [-0.3, -0.25) is 4.90 Å². The molecule has 0 aromatic rings. The Labute approximate surface area is 66.1 Å². The van der Waals surface area contributed by atoms with Gasteiger partial charge in [0, 0.05) is 13.7 Å². The van der Waals surface area contributed by atoms with E-state index in [0.717, 1.165) is 0 Å². The van der Waals surface area contributed by atoms with Crippen molar-refractivity contribution in [2.24, 2.45) is 0 Å². The third kappa shape index (κ3) is 1.45. The van der Waals surface area contributed by atoms with Gasteiger partial charge in [-0.25, -0.2) is 4.79 Å². The maximum Gasteiger partial charge on any atom is 0.412 e. The Bertz CT molecular complexity index is 160. The molecule has 0 saturated carbocycles. The van der Waals surface area contributed by atoms with Crippen LogP contribution in [0.25, 0.3) is 0 Å². The van der Waals surface area contributed by atoms with E-state index in [0.29, 0.717) is 6.61 Å². The number of ether oxygens (including phenoxy) is 2. The number of carbonyl (C=O) groups excluding carboxylic acids is 1. The third-order valence-corrected chi connectivity index (χ3v) is 1.70. The molecule has 64 valence electrons. The van der Waals surface area contributed by atoms with Crippen molar-refractivity contribution in [3.63, 3.8) is 0 Å². The zero-order valence-corrected chi connectivity index (χ0v) is 7.03. The minimum atomic E-state index is -0.309. The van der Waals surface area contributed by atoms with Gasteiger partial charge in [0.15, 0.2) is 6.23 Å². The summed E-state index contributed by atoms with van der Waals surface area (Å²) < 4.78 is 10.2. The number of rotatable bonds is 2. The minimum absolute atomic E-state index is 0.160. The number of amides is 1. The van der Waals surface area contributed by atoms with Crippen molar-refractivity contribution in [1.29, 1.82) is 0 Å². The zero-order valence-electron chi connectivity index (χ0n) is 7.03. The molecule has 0 aliphatic carbocycles. The largest absolute Gasteiger partial charge is 0.442 e. The van der Waals surface area contributed by atoms with E-state index >= 15 is 0 Å². The molecule has 4 nitrogen and oxygen atoms in total. The molecule has 11 heavy (non-hydrogen) atoms. The Morgan fingerprint density at radius 2 is 2.36 bits per heavy atom. The van der Waals surface area contributed by atoms with Gasteiger partial charge in [-0.05, 0) is 13.8 Å². The number of nitrogens with zero attached hydrogens (tertiary/aromatic N) is 1. The predicted molar refractivity (Wildman–Crippen MR) is 39.1 cm³/mol. The van der Waals surface area contributed by atoms with E-state index in [9.17, 15) is 4.79 Å². The SMILES string of the molecule is CCOC1C(C)OC(=O)N1C. The molecular formula is C7H13NO3. The lowest BCUT2D eigenvalue weighted by Gasteiger charge is -2.18. The van der Waals surface area contributed by atoms with Gasteiger partial charge in [0.05, 0.1) is 0 Å². The van der Waals surface area contributed by atoms with Crippen LogP contribution in [0.4, 0.5) is 4.79 Å². The van der Waals surface area contributed by atoms with Gasteiger partial charge < -0.3 is 9.47 Å². The second kappa shape index (κ2) is 3.09. The van der Waals surface area contributed by atoms with Crippen LogP contribution < -0.4 is 0 Å². The van der Waals surface area contributed by atoms with Gasteiger partial charge in [-0.2, -0.15) is 0 Å². The monoisotopic (exact) mass is 159 g/mol. The van der Waals surface area contributed by atoms with Crippen LogP contribution in [-0.2, 0) is 9.47 Å². The van der Waals surface area contributed by atoms with Crippen molar-refractivity contribution < 1.29 is 14.3 Å². The minimum Gasteiger partial charge on any atom is -0.442 e. The Hall–Kier alpha value is -0.770. The average Bonchev–Trinajstić information content (AvgIpc) is 2.17. The van der Waals surface area contributed by atoms with E-state index in [4.69, 9.17) is 9.47 Å². The molecular weight excluding hydrogens is 146 g/mol. The molecule has 1 saturated heterocycles. The fourth-order valence-corrected chi connectivity index (χ4v) is 1.14. The molecule has 1 rings (SSSR count). The highest BCUT2D eigenvalue weighted by atomic mass is 16.6. The van der Waals surface area contributed by atoms with Gasteiger partial charge in [-0.15, -0.1) is 0 Å². The molecule has 1 fully saturated rings. The highest BCUT2D eigenvalue weighted by molar-refractivity contribution is 5.69. The number of hydrogen-bond donors (Lipinski definition) is 0. The summed E-state index contributed by atoms with van der Waals surface area (Å²) >= 11 is 0. The van der Waals surface area contributed by atoms with Crippen LogP contribution in [0.15, 0.2) is 0 Å². The summed E-state index contributed by atoms with van der Waals surface area (Å²) in [5.74, 6) is 0. The Kier molecular flexibility index (Phi) is 2.34. The lowest BCUT2D eigenvalue weighted by molar-refractivity contribution is -0.0332. The molecule has 1 aliphatic rings. The lowest BCUT2D eigenvalue weighted by Crippen LogP contribution is -2.34. The van der Waals surface area contributed by atoms with Crippen molar-refractivity contribution in [1.82, 2.24) is 4.90 Å². The van der Waals surface area contributed by atoms with E-state index in [-0.39, 0.29) is 18.4 Å². The molecule has 2 atom stereocenters. The smallest absolute Gasteiger partial charge is 0.412 e. The standard InChI is InChI=1S/C7H13NO3/c1-4-10-6-5(2)11-7(9)8(6)3/h5-6H,4H2,1-3H3. The van der Waals surface area contributed by atoms with Crippen LogP contribution in [0, 0.1) is 0 Å². The molecule has 1 heterocycles. The van der Waals surface area contributed by atoms with Crippen molar-refractivity contribution >= 4 is 6.09 Å². The summed E-state index contributed by atoms with van der Waals surface area (Å²) in [6.07, 6.45) is -0.684. The number of carbonyl (C=O) groups is 1. The van der Waals surface area contributed by atoms with Crippen molar-refractivity contribution in [2.45, 2.75) is 26.2 Å². The summed E-state index contributed by atoms with van der Waals surface area (Å²) in [6.45, 7) is 4.31. The molecule has 4 heteroatoms. The van der Waals surface area contributed by atoms with Crippen molar-refractivity contribution in [2.75, 3.05) is 13.7 Å². The number of cyclic esters (lactones) is 1. The molecule has 1 amide bonds. The van der Waals surface area contributed by atoms with Gasteiger partial charge in [-0.1, -0.05) is 0 Å². The van der Waals surface area contributed by atoms with Crippen LogP contribution in [0.1, 0.15) is 13.8 Å². The quantitative estimate of drug-likeness (QED) is 0.598. The second-order valence-electron chi connectivity index (χ2n) is 2.55. The summed E-state index contributed by atoms with van der Waals surface area (Å²) in [6, 6.07) is 0. The summed E-state index contributed by atoms with van der Waals surface area (Å²) in [7, 11) is 1.67. The summed E-state index contributed by atoms with van der Waals surface area (Å²) in [5, 5.41) is 0. The normalized spacial score (nSPS) is 30.8. The molecule has 2 unspecified atom stereocenters. The van der Waals surface area contributed by atoms with Crippen LogP contribution >= 0.6 is 0 Å². The van der Waals surface area contributed by atoms with Crippen molar-refractivity contribution in [3.8, 4) is 0 Å². The van der Waals surface area contributed by atoms with Crippen LogP contribution in [0.5, 0.6) is 0 Å². The van der Waals surface area contributed by atoms with Gasteiger partial charge in [0.2, 0.25) is 0 Å². The van der Waals surface area contributed by atoms with Crippen LogP contribution in [-0.4, -0.2) is 37.0 Å².